The Bertz CT molecular complexity index is 596. The quantitative estimate of drug-likeness (QED) is 0.873. The summed E-state index contributed by atoms with van der Waals surface area (Å²) in [5.41, 5.74) is 1.84. The van der Waals surface area contributed by atoms with Crippen molar-refractivity contribution in [3.05, 3.63) is 58.6 Å². The van der Waals surface area contributed by atoms with Gasteiger partial charge in [-0.2, -0.15) is 0 Å². The van der Waals surface area contributed by atoms with Crippen LogP contribution < -0.4 is 4.74 Å². The third-order valence-electron chi connectivity index (χ3n) is 2.66. The van der Waals surface area contributed by atoms with E-state index in [4.69, 9.17) is 20.9 Å². The van der Waals surface area contributed by atoms with Crippen LogP contribution in [-0.4, -0.2) is 8.76 Å². The standard InChI is InChI=1S/C14H13ClO3S/c1-10-8-13(19(16)17)6-7-14(10)18-9-11-2-4-12(15)5-3-11/h2-8H,9H2,1H3,(H,16,17). The minimum atomic E-state index is -1.96. The van der Waals surface area contributed by atoms with E-state index in [1.165, 1.54) is 0 Å². The van der Waals surface area contributed by atoms with Crippen LogP contribution in [0.2, 0.25) is 5.02 Å². The van der Waals surface area contributed by atoms with E-state index in [9.17, 15) is 4.21 Å². The Morgan fingerprint density at radius 2 is 1.89 bits per heavy atom. The Morgan fingerprint density at radius 1 is 1.21 bits per heavy atom. The SMILES string of the molecule is Cc1cc(S(=O)O)ccc1OCc1ccc(Cl)cc1. The molecule has 1 unspecified atom stereocenters. The Hall–Kier alpha value is -1.36. The van der Waals surface area contributed by atoms with E-state index in [-0.39, 0.29) is 0 Å². The summed E-state index contributed by atoms with van der Waals surface area (Å²) in [5, 5.41) is 0.690. The molecule has 0 heterocycles. The third kappa shape index (κ3) is 3.80. The van der Waals surface area contributed by atoms with Crippen LogP contribution in [-0.2, 0) is 17.7 Å². The van der Waals surface area contributed by atoms with Crippen molar-refractivity contribution in [1.29, 1.82) is 0 Å². The smallest absolute Gasteiger partial charge is 0.186 e. The van der Waals surface area contributed by atoms with Gasteiger partial charge in [-0.3, -0.25) is 0 Å². The van der Waals surface area contributed by atoms with Crippen molar-refractivity contribution in [2.75, 3.05) is 0 Å². The fourth-order valence-electron chi connectivity index (χ4n) is 1.63. The van der Waals surface area contributed by atoms with Crippen LogP contribution in [0.4, 0.5) is 0 Å². The van der Waals surface area contributed by atoms with Crippen molar-refractivity contribution >= 4 is 22.7 Å². The lowest BCUT2D eigenvalue weighted by atomic mass is 10.2. The van der Waals surface area contributed by atoms with Crippen LogP contribution in [0.15, 0.2) is 47.4 Å². The molecule has 3 nitrogen and oxygen atoms in total. The van der Waals surface area contributed by atoms with Crippen LogP contribution in [0.3, 0.4) is 0 Å². The number of ether oxygens (including phenoxy) is 1. The van der Waals surface area contributed by atoms with E-state index >= 15 is 0 Å². The number of benzene rings is 2. The molecule has 0 fully saturated rings. The number of hydrogen-bond donors (Lipinski definition) is 1. The number of halogens is 1. The molecule has 0 aliphatic heterocycles. The van der Waals surface area contributed by atoms with E-state index in [0.29, 0.717) is 22.3 Å². The van der Waals surface area contributed by atoms with Crippen LogP contribution in [0.5, 0.6) is 5.75 Å². The van der Waals surface area contributed by atoms with Crippen LogP contribution in [0.1, 0.15) is 11.1 Å². The van der Waals surface area contributed by atoms with Gasteiger partial charge in [0.05, 0.1) is 4.90 Å². The Balaban J connectivity index is 2.07. The number of aryl methyl sites for hydroxylation is 1. The first kappa shape index (κ1) is 14.1. The molecule has 0 spiro atoms. The first-order valence-corrected chi connectivity index (χ1v) is 7.13. The maximum absolute atomic E-state index is 10.9. The highest BCUT2D eigenvalue weighted by Gasteiger charge is 2.05. The summed E-state index contributed by atoms with van der Waals surface area (Å²) in [6, 6.07) is 12.3. The van der Waals surface area contributed by atoms with Gasteiger partial charge in [-0.15, -0.1) is 0 Å². The van der Waals surface area contributed by atoms with Gasteiger partial charge in [0.2, 0.25) is 0 Å². The van der Waals surface area contributed by atoms with Crippen LogP contribution >= 0.6 is 11.6 Å². The molecular weight excluding hydrogens is 284 g/mol. The Morgan fingerprint density at radius 3 is 2.47 bits per heavy atom. The summed E-state index contributed by atoms with van der Waals surface area (Å²) < 4.78 is 25.6. The molecule has 0 saturated carbocycles. The highest BCUT2D eigenvalue weighted by atomic mass is 35.5. The minimum absolute atomic E-state index is 0.372. The fraction of sp³-hybridized carbons (Fsp3) is 0.143. The van der Waals surface area contributed by atoms with Gasteiger partial charge in [-0.05, 0) is 48.4 Å². The molecule has 19 heavy (non-hydrogen) atoms. The second-order valence-corrected chi connectivity index (χ2v) is 5.50. The monoisotopic (exact) mass is 296 g/mol. The molecule has 5 heteroatoms. The lowest BCUT2D eigenvalue weighted by Gasteiger charge is -2.10. The fourth-order valence-corrected chi connectivity index (χ4v) is 2.22. The molecule has 100 valence electrons. The maximum Gasteiger partial charge on any atom is 0.186 e. The molecule has 0 radical (unpaired) electrons. The topological polar surface area (TPSA) is 46.5 Å². The zero-order valence-electron chi connectivity index (χ0n) is 10.3. The van der Waals surface area contributed by atoms with Crippen LogP contribution in [0, 0.1) is 6.92 Å². The predicted molar refractivity (Wildman–Crippen MR) is 76.0 cm³/mol. The lowest BCUT2D eigenvalue weighted by Crippen LogP contribution is -1.98. The molecular formula is C14H13ClO3S. The van der Waals surface area contributed by atoms with Gasteiger partial charge in [-0.1, -0.05) is 23.7 Å². The Labute approximate surface area is 119 Å². The molecule has 0 aliphatic rings. The van der Waals surface area contributed by atoms with Gasteiger partial charge in [0, 0.05) is 5.02 Å². The van der Waals surface area contributed by atoms with Gasteiger partial charge in [0.1, 0.15) is 12.4 Å². The second kappa shape index (κ2) is 6.19. The molecule has 0 aliphatic carbocycles. The summed E-state index contributed by atoms with van der Waals surface area (Å²) in [4.78, 5) is 0.372. The average Bonchev–Trinajstić information content (AvgIpc) is 2.39. The first-order chi connectivity index (χ1) is 9.06. The third-order valence-corrected chi connectivity index (χ3v) is 3.56. The first-order valence-electron chi connectivity index (χ1n) is 5.65. The average molecular weight is 297 g/mol. The van der Waals surface area contributed by atoms with E-state index in [1.807, 2.05) is 31.2 Å². The van der Waals surface area contributed by atoms with E-state index in [1.54, 1.807) is 18.2 Å². The van der Waals surface area contributed by atoms with Gasteiger partial charge >= 0.3 is 0 Å². The van der Waals surface area contributed by atoms with E-state index < -0.39 is 11.1 Å². The molecule has 0 amide bonds. The van der Waals surface area contributed by atoms with Crippen molar-refractivity contribution in [2.45, 2.75) is 18.4 Å². The predicted octanol–water partition coefficient (Wildman–Crippen LogP) is 3.81. The highest BCUT2D eigenvalue weighted by molar-refractivity contribution is 7.79. The van der Waals surface area contributed by atoms with Crippen molar-refractivity contribution in [3.8, 4) is 5.75 Å². The van der Waals surface area contributed by atoms with E-state index in [0.717, 1.165) is 11.1 Å². The zero-order valence-corrected chi connectivity index (χ0v) is 11.9. The zero-order chi connectivity index (χ0) is 13.8. The summed E-state index contributed by atoms with van der Waals surface area (Å²) in [6.45, 7) is 2.27. The van der Waals surface area contributed by atoms with Crippen LogP contribution in [0.25, 0.3) is 0 Å². The molecule has 0 bridgehead atoms. The second-order valence-electron chi connectivity index (χ2n) is 4.09. The molecule has 2 aromatic rings. The largest absolute Gasteiger partial charge is 0.489 e. The molecule has 1 N–H and O–H groups in total. The highest BCUT2D eigenvalue weighted by Crippen LogP contribution is 2.22. The molecule has 0 saturated heterocycles. The van der Waals surface area contributed by atoms with Gasteiger partial charge in [0.25, 0.3) is 0 Å². The molecule has 2 aromatic carbocycles. The van der Waals surface area contributed by atoms with E-state index in [2.05, 4.69) is 0 Å². The molecule has 1 atom stereocenters. The minimum Gasteiger partial charge on any atom is -0.489 e. The molecule has 2 rings (SSSR count). The summed E-state index contributed by atoms with van der Waals surface area (Å²) >= 11 is 3.85. The van der Waals surface area contributed by atoms with Gasteiger partial charge in [-0.25, -0.2) is 4.21 Å². The van der Waals surface area contributed by atoms with Crippen molar-refractivity contribution in [2.24, 2.45) is 0 Å². The lowest BCUT2D eigenvalue weighted by molar-refractivity contribution is 0.304. The van der Waals surface area contributed by atoms with Gasteiger partial charge < -0.3 is 9.29 Å². The van der Waals surface area contributed by atoms with Gasteiger partial charge in [0.15, 0.2) is 11.1 Å². The molecule has 0 aromatic heterocycles. The summed E-state index contributed by atoms with van der Waals surface area (Å²) in [5.74, 6) is 0.698. The summed E-state index contributed by atoms with van der Waals surface area (Å²) in [6.07, 6.45) is 0. The summed E-state index contributed by atoms with van der Waals surface area (Å²) in [7, 11) is 0. The van der Waals surface area contributed by atoms with Crippen molar-refractivity contribution < 1.29 is 13.5 Å². The normalized spacial score (nSPS) is 12.2. The van der Waals surface area contributed by atoms with Crippen molar-refractivity contribution in [3.63, 3.8) is 0 Å². The van der Waals surface area contributed by atoms with Crippen molar-refractivity contribution in [1.82, 2.24) is 0 Å². The Kier molecular flexibility index (Phi) is 4.58. The maximum atomic E-state index is 10.9. The number of rotatable bonds is 4. The number of hydrogen-bond acceptors (Lipinski definition) is 2.